The largest absolute Gasteiger partial charge is 0.496 e. The number of hydrogen-bond donors (Lipinski definition) is 1. The van der Waals surface area contributed by atoms with E-state index in [1.165, 1.54) is 0 Å². The lowest BCUT2D eigenvalue weighted by Gasteiger charge is -2.15. The van der Waals surface area contributed by atoms with E-state index in [0.29, 0.717) is 5.75 Å². The standard InChI is InChI=1S/C25H25N3O3S/c1-17-14-18(2)25(19(3)15-17)28-22(21-12-8-9-13-23(21)31-4)16-24(26-28)27-32(29,30)20-10-6-5-7-11-20/h5-16H,1-4H3,(H,26,27). The summed E-state index contributed by atoms with van der Waals surface area (Å²) in [5.41, 5.74) is 5.68. The van der Waals surface area contributed by atoms with Crippen molar-refractivity contribution in [2.45, 2.75) is 25.7 Å². The lowest BCUT2D eigenvalue weighted by Crippen LogP contribution is -2.13. The first-order valence-corrected chi connectivity index (χ1v) is 11.7. The van der Waals surface area contributed by atoms with E-state index >= 15 is 0 Å². The third-order valence-corrected chi connectivity index (χ3v) is 6.60. The van der Waals surface area contributed by atoms with Gasteiger partial charge in [0.05, 0.1) is 23.4 Å². The zero-order valence-electron chi connectivity index (χ0n) is 18.5. The fraction of sp³-hybridized carbons (Fsp3) is 0.160. The van der Waals surface area contributed by atoms with Crippen molar-refractivity contribution in [1.29, 1.82) is 0 Å². The second-order valence-corrected chi connectivity index (χ2v) is 9.38. The molecule has 0 aliphatic rings. The van der Waals surface area contributed by atoms with Crippen LogP contribution in [0.4, 0.5) is 5.82 Å². The number of ether oxygens (including phenoxy) is 1. The first-order valence-electron chi connectivity index (χ1n) is 10.2. The third-order valence-electron chi connectivity index (χ3n) is 5.23. The highest BCUT2D eigenvalue weighted by molar-refractivity contribution is 7.92. The van der Waals surface area contributed by atoms with E-state index in [4.69, 9.17) is 4.74 Å². The maximum atomic E-state index is 12.9. The van der Waals surface area contributed by atoms with Crippen LogP contribution in [0.25, 0.3) is 16.9 Å². The van der Waals surface area contributed by atoms with Crippen LogP contribution in [0.15, 0.2) is 77.7 Å². The Kier molecular flexibility index (Phi) is 5.76. The average molecular weight is 448 g/mol. The van der Waals surface area contributed by atoms with Crippen molar-refractivity contribution in [1.82, 2.24) is 9.78 Å². The number of methoxy groups -OCH3 is 1. The number of anilines is 1. The van der Waals surface area contributed by atoms with Crippen molar-refractivity contribution in [2.24, 2.45) is 0 Å². The van der Waals surface area contributed by atoms with E-state index in [1.807, 2.05) is 45.0 Å². The Labute approximate surface area is 188 Å². The van der Waals surface area contributed by atoms with Gasteiger partial charge < -0.3 is 4.74 Å². The molecule has 32 heavy (non-hydrogen) atoms. The van der Waals surface area contributed by atoms with Gasteiger partial charge in [0, 0.05) is 11.6 Å². The number of benzene rings is 3. The van der Waals surface area contributed by atoms with E-state index in [-0.39, 0.29) is 10.7 Å². The molecule has 164 valence electrons. The third kappa shape index (κ3) is 4.11. The van der Waals surface area contributed by atoms with Crippen LogP contribution < -0.4 is 9.46 Å². The molecule has 1 aromatic heterocycles. The van der Waals surface area contributed by atoms with Gasteiger partial charge in [0.1, 0.15) is 5.75 Å². The van der Waals surface area contributed by atoms with Crippen molar-refractivity contribution < 1.29 is 13.2 Å². The van der Waals surface area contributed by atoms with Crippen LogP contribution in [0.1, 0.15) is 16.7 Å². The molecule has 4 rings (SSSR count). The predicted octanol–water partition coefficient (Wildman–Crippen LogP) is 5.27. The van der Waals surface area contributed by atoms with E-state index in [2.05, 4.69) is 22.0 Å². The molecule has 0 saturated carbocycles. The Balaban J connectivity index is 1.90. The lowest BCUT2D eigenvalue weighted by atomic mass is 10.0. The molecule has 0 atom stereocenters. The maximum Gasteiger partial charge on any atom is 0.263 e. The number of aromatic nitrogens is 2. The van der Waals surface area contributed by atoms with Crippen LogP contribution >= 0.6 is 0 Å². The molecule has 1 heterocycles. The monoisotopic (exact) mass is 447 g/mol. The molecule has 1 N–H and O–H groups in total. The number of sulfonamides is 1. The summed E-state index contributed by atoms with van der Waals surface area (Å²) < 4.78 is 35.8. The van der Waals surface area contributed by atoms with Gasteiger partial charge in [-0.15, -0.1) is 5.10 Å². The SMILES string of the molecule is COc1ccccc1-c1cc(NS(=O)(=O)c2ccccc2)nn1-c1c(C)cc(C)cc1C. The minimum absolute atomic E-state index is 0.177. The minimum atomic E-state index is -3.78. The molecule has 0 fully saturated rings. The van der Waals surface area contributed by atoms with E-state index in [0.717, 1.165) is 33.6 Å². The molecule has 0 aliphatic heterocycles. The van der Waals surface area contributed by atoms with E-state index in [1.54, 1.807) is 48.2 Å². The molecule has 6 nitrogen and oxygen atoms in total. The molecule has 4 aromatic rings. The average Bonchev–Trinajstić information content (AvgIpc) is 3.15. The van der Waals surface area contributed by atoms with Crippen molar-refractivity contribution in [2.75, 3.05) is 11.8 Å². The van der Waals surface area contributed by atoms with Gasteiger partial charge in [0.15, 0.2) is 5.82 Å². The van der Waals surface area contributed by atoms with Gasteiger partial charge in [-0.25, -0.2) is 13.1 Å². The van der Waals surface area contributed by atoms with Crippen LogP contribution in [0.3, 0.4) is 0 Å². The van der Waals surface area contributed by atoms with Crippen molar-refractivity contribution >= 4 is 15.8 Å². The fourth-order valence-corrected chi connectivity index (χ4v) is 4.96. The summed E-state index contributed by atoms with van der Waals surface area (Å²) in [7, 11) is -2.17. The number of para-hydroxylation sites is 1. The smallest absolute Gasteiger partial charge is 0.263 e. The van der Waals surface area contributed by atoms with Gasteiger partial charge in [-0.2, -0.15) is 0 Å². The van der Waals surface area contributed by atoms with E-state index in [9.17, 15) is 8.42 Å². The Morgan fingerprint density at radius 1 is 0.875 bits per heavy atom. The first-order chi connectivity index (χ1) is 15.3. The summed E-state index contributed by atoms with van der Waals surface area (Å²) >= 11 is 0. The van der Waals surface area contributed by atoms with Crippen molar-refractivity contribution in [3.8, 4) is 22.7 Å². The number of nitrogens with one attached hydrogen (secondary N) is 1. The number of aryl methyl sites for hydroxylation is 3. The quantitative estimate of drug-likeness (QED) is 0.437. The Bertz CT molecular complexity index is 1350. The molecule has 0 spiro atoms. The predicted molar refractivity (Wildman–Crippen MR) is 127 cm³/mol. The molecular weight excluding hydrogens is 422 g/mol. The molecule has 0 aliphatic carbocycles. The van der Waals surface area contributed by atoms with Gasteiger partial charge in [0.2, 0.25) is 0 Å². The van der Waals surface area contributed by atoms with Crippen molar-refractivity contribution in [3.63, 3.8) is 0 Å². The van der Waals surface area contributed by atoms with Gasteiger partial charge in [-0.05, 0) is 56.2 Å². The zero-order chi connectivity index (χ0) is 22.9. The van der Waals surface area contributed by atoms with Gasteiger partial charge in [0.25, 0.3) is 10.0 Å². The molecular formula is C25H25N3O3S. The number of nitrogens with zero attached hydrogens (tertiary/aromatic N) is 2. The highest BCUT2D eigenvalue weighted by atomic mass is 32.2. The molecule has 0 saturated heterocycles. The van der Waals surface area contributed by atoms with Gasteiger partial charge >= 0.3 is 0 Å². The van der Waals surface area contributed by atoms with Crippen molar-refractivity contribution in [3.05, 3.63) is 89.5 Å². The number of rotatable bonds is 6. The van der Waals surface area contributed by atoms with Crippen LogP contribution in [-0.2, 0) is 10.0 Å². The zero-order valence-corrected chi connectivity index (χ0v) is 19.3. The second kappa shape index (κ2) is 8.51. The lowest BCUT2D eigenvalue weighted by molar-refractivity contribution is 0.416. The Hall–Kier alpha value is -3.58. The molecule has 0 radical (unpaired) electrons. The summed E-state index contributed by atoms with van der Waals surface area (Å²) in [6.45, 7) is 6.10. The van der Waals surface area contributed by atoms with Crippen LogP contribution in [0, 0.1) is 20.8 Å². The van der Waals surface area contributed by atoms with E-state index < -0.39 is 10.0 Å². The fourth-order valence-electron chi connectivity index (χ4n) is 3.95. The summed E-state index contributed by atoms with van der Waals surface area (Å²) in [6.07, 6.45) is 0. The molecule has 0 bridgehead atoms. The summed E-state index contributed by atoms with van der Waals surface area (Å²) in [5.74, 6) is 0.905. The topological polar surface area (TPSA) is 73.2 Å². The van der Waals surface area contributed by atoms with Gasteiger partial charge in [-0.3, -0.25) is 4.72 Å². The second-order valence-electron chi connectivity index (χ2n) is 7.69. The summed E-state index contributed by atoms with van der Waals surface area (Å²) in [6, 6.07) is 21.8. The molecule has 0 unspecified atom stereocenters. The minimum Gasteiger partial charge on any atom is -0.496 e. The van der Waals surface area contributed by atoms with Crippen LogP contribution in [0.5, 0.6) is 5.75 Å². The number of hydrogen-bond acceptors (Lipinski definition) is 4. The maximum absolute atomic E-state index is 12.9. The Morgan fingerprint density at radius 2 is 1.50 bits per heavy atom. The molecule has 0 amide bonds. The summed E-state index contributed by atoms with van der Waals surface area (Å²) in [5, 5.41) is 4.67. The molecule has 7 heteroatoms. The highest BCUT2D eigenvalue weighted by Gasteiger charge is 2.21. The van der Waals surface area contributed by atoms with Crippen LogP contribution in [0.2, 0.25) is 0 Å². The first kappa shape index (κ1) is 21.6. The summed E-state index contributed by atoms with van der Waals surface area (Å²) in [4.78, 5) is 0.177. The highest BCUT2D eigenvalue weighted by Crippen LogP contribution is 2.35. The molecule has 3 aromatic carbocycles. The van der Waals surface area contributed by atoms with Gasteiger partial charge in [-0.1, -0.05) is 48.0 Å². The normalized spacial score (nSPS) is 11.4. The Morgan fingerprint density at radius 3 is 2.16 bits per heavy atom. The van der Waals surface area contributed by atoms with Crippen LogP contribution in [-0.4, -0.2) is 25.3 Å².